The molecule has 0 aliphatic rings. The SMILES string of the molecule is CCN(C)S(=O)(=O)c1ccc(S(=O)(=O)Nc2cccnc2)cc1. The van der Waals surface area contributed by atoms with E-state index in [2.05, 4.69) is 9.71 Å². The van der Waals surface area contributed by atoms with E-state index < -0.39 is 20.0 Å². The van der Waals surface area contributed by atoms with Gasteiger partial charge in [0.2, 0.25) is 10.0 Å². The second-order valence-corrected chi connectivity index (χ2v) is 8.47. The van der Waals surface area contributed by atoms with Crippen molar-refractivity contribution in [1.82, 2.24) is 9.29 Å². The Morgan fingerprint density at radius 3 is 2.17 bits per heavy atom. The van der Waals surface area contributed by atoms with Gasteiger partial charge in [0.05, 0.1) is 21.7 Å². The van der Waals surface area contributed by atoms with Gasteiger partial charge >= 0.3 is 0 Å². The maximum absolute atomic E-state index is 12.3. The summed E-state index contributed by atoms with van der Waals surface area (Å²) in [5.74, 6) is 0. The third kappa shape index (κ3) is 3.87. The number of benzene rings is 1. The molecule has 1 heterocycles. The maximum atomic E-state index is 12.3. The van der Waals surface area contributed by atoms with Crippen molar-refractivity contribution in [3.05, 3.63) is 48.8 Å². The molecule has 1 aromatic carbocycles. The van der Waals surface area contributed by atoms with Gasteiger partial charge in [0.25, 0.3) is 10.0 Å². The molecule has 0 unspecified atom stereocenters. The zero-order valence-corrected chi connectivity index (χ0v) is 14.3. The average molecular weight is 355 g/mol. The summed E-state index contributed by atoms with van der Waals surface area (Å²) in [7, 11) is -5.94. The second-order valence-electron chi connectivity index (χ2n) is 4.74. The van der Waals surface area contributed by atoms with Crippen molar-refractivity contribution in [2.24, 2.45) is 0 Å². The number of sulfonamides is 2. The Morgan fingerprint density at radius 2 is 1.65 bits per heavy atom. The highest BCUT2D eigenvalue weighted by Gasteiger charge is 2.21. The summed E-state index contributed by atoms with van der Waals surface area (Å²) in [6, 6.07) is 8.25. The zero-order chi connectivity index (χ0) is 17.1. The third-order valence-electron chi connectivity index (χ3n) is 3.20. The van der Waals surface area contributed by atoms with Crippen LogP contribution in [0.2, 0.25) is 0 Å². The normalized spacial score (nSPS) is 12.3. The molecule has 0 atom stereocenters. The predicted molar refractivity (Wildman–Crippen MR) is 87.0 cm³/mol. The molecule has 0 spiro atoms. The molecular formula is C14H17N3O4S2. The largest absolute Gasteiger partial charge is 0.278 e. The van der Waals surface area contributed by atoms with Crippen LogP contribution in [-0.4, -0.2) is 39.7 Å². The highest BCUT2D eigenvalue weighted by atomic mass is 32.2. The van der Waals surface area contributed by atoms with Crippen LogP contribution in [0.4, 0.5) is 5.69 Å². The van der Waals surface area contributed by atoms with Gasteiger partial charge in [-0.1, -0.05) is 6.92 Å². The summed E-state index contributed by atoms with van der Waals surface area (Å²) >= 11 is 0. The molecule has 1 N–H and O–H groups in total. The first-order valence-corrected chi connectivity index (χ1v) is 9.69. The van der Waals surface area contributed by atoms with E-state index in [1.165, 1.54) is 48.0 Å². The minimum Gasteiger partial charge on any atom is -0.278 e. The van der Waals surface area contributed by atoms with Crippen LogP contribution in [0.1, 0.15) is 6.92 Å². The topological polar surface area (TPSA) is 96.4 Å². The van der Waals surface area contributed by atoms with Crippen LogP contribution in [-0.2, 0) is 20.0 Å². The summed E-state index contributed by atoms with van der Waals surface area (Å²) in [5, 5.41) is 0. The summed E-state index contributed by atoms with van der Waals surface area (Å²) in [5.41, 5.74) is 0.329. The van der Waals surface area contributed by atoms with Crippen LogP contribution >= 0.6 is 0 Å². The van der Waals surface area contributed by atoms with Crippen LogP contribution < -0.4 is 4.72 Å². The highest BCUT2D eigenvalue weighted by Crippen LogP contribution is 2.19. The van der Waals surface area contributed by atoms with Gasteiger partial charge < -0.3 is 0 Å². The van der Waals surface area contributed by atoms with E-state index in [-0.39, 0.29) is 9.79 Å². The van der Waals surface area contributed by atoms with Crippen molar-refractivity contribution in [2.75, 3.05) is 18.3 Å². The molecule has 23 heavy (non-hydrogen) atoms. The van der Waals surface area contributed by atoms with Crippen molar-refractivity contribution in [2.45, 2.75) is 16.7 Å². The molecule has 0 aliphatic heterocycles. The van der Waals surface area contributed by atoms with Gasteiger partial charge in [0, 0.05) is 19.8 Å². The average Bonchev–Trinajstić information content (AvgIpc) is 2.54. The van der Waals surface area contributed by atoms with Gasteiger partial charge in [-0.3, -0.25) is 9.71 Å². The molecule has 0 aliphatic carbocycles. The fraction of sp³-hybridized carbons (Fsp3) is 0.214. The number of anilines is 1. The lowest BCUT2D eigenvalue weighted by atomic mass is 10.4. The van der Waals surface area contributed by atoms with E-state index in [1.54, 1.807) is 19.1 Å². The Balaban J connectivity index is 2.29. The quantitative estimate of drug-likeness (QED) is 0.847. The molecular weight excluding hydrogens is 338 g/mol. The molecule has 7 nitrogen and oxygen atoms in total. The van der Waals surface area contributed by atoms with Crippen LogP contribution in [0.3, 0.4) is 0 Å². The lowest BCUT2D eigenvalue weighted by Crippen LogP contribution is -2.26. The number of nitrogens with one attached hydrogen (secondary N) is 1. The Labute approximate surface area is 136 Å². The molecule has 0 amide bonds. The van der Waals surface area contributed by atoms with E-state index in [4.69, 9.17) is 0 Å². The number of aromatic nitrogens is 1. The van der Waals surface area contributed by atoms with E-state index in [9.17, 15) is 16.8 Å². The summed E-state index contributed by atoms with van der Waals surface area (Å²) < 4.78 is 52.4. The van der Waals surface area contributed by atoms with Crippen molar-refractivity contribution in [3.8, 4) is 0 Å². The second kappa shape index (κ2) is 6.65. The number of pyridine rings is 1. The minimum atomic E-state index is -3.80. The Hall–Kier alpha value is -1.97. The van der Waals surface area contributed by atoms with Gasteiger partial charge in [-0.05, 0) is 36.4 Å². The molecule has 9 heteroatoms. The van der Waals surface area contributed by atoms with Gasteiger partial charge in [0.1, 0.15) is 0 Å². The van der Waals surface area contributed by atoms with Crippen LogP contribution in [0.5, 0.6) is 0 Å². The van der Waals surface area contributed by atoms with Crippen molar-refractivity contribution < 1.29 is 16.8 Å². The van der Waals surface area contributed by atoms with Crippen molar-refractivity contribution in [1.29, 1.82) is 0 Å². The van der Waals surface area contributed by atoms with Crippen LogP contribution in [0.15, 0.2) is 58.6 Å². The first-order chi connectivity index (χ1) is 10.8. The van der Waals surface area contributed by atoms with Crippen LogP contribution in [0, 0.1) is 0 Å². The fourth-order valence-electron chi connectivity index (χ4n) is 1.78. The highest BCUT2D eigenvalue weighted by molar-refractivity contribution is 7.92. The molecule has 0 saturated heterocycles. The molecule has 0 radical (unpaired) electrons. The van der Waals surface area contributed by atoms with E-state index in [1.807, 2.05) is 0 Å². The summed E-state index contributed by atoms with van der Waals surface area (Å²) in [6.45, 7) is 2.04. The zero-order valence-electron chi connectivity index (χ0n) is 12.7. The lowest BCUT2D eigenvalue weighted by Gasteiger charge is -2.15. The molecule has 2 aromatic rings. The Morgan fingerprint density at radius 1 is 1.04 bits per heavy atom. The predicted octanol–water partition coefficient (Wildman–Crippen LogP) is 1.52. The smallest absolute Gasteiger partial charge is 0.261 e. The Bertz CT molecular complexity index is 864. The number of hydrogen-bond donors (Lipinski definition) is 1. The summed E-state index contributed by atoms with van der Waals surface area (Å²) in [4.78, 5) is 3.84. The number of nitrogens with zero attached hydrogens (tertiary/aromatic N) is 2. The van der Waals surface area contributed by atoms with E-state index in [0.717, 1.165) is 0 Å². The van der Waals surface area contributed by atoms with Crippen molar-refractivity contribution in [3.63, 3.8) is 0 Å². The lowest BCUT2D eigenvalue weighted by molar-refractivity contribution is 0.486. The van der Waals surface area contributed by atoms with Crippen LogP contribution in [0.25, 0.3) is 0 Å². The standard InChI is InChI=1S/C14H17N3O4S2/c1-3-17(2)23(20,21)14-8-6-13(7-9-14)22(18,19)16-12-5-4-10-15-11-12/h4-11,16H,3H2,1-2H3. The van der Waals surface area contributed by atoms with Gasteiger partial charge in [-0.15, -0.1) is 0 Å². The van der Waals surface area contributed by atoms with Crippen molar-refractivity contribution >= 4 is 25.7 Å². The monoisotopic (exact) mass is 355 g/mol. The Kier molecular flexibility index (Phi) is 5.03. The molecule has 2 rings (SSSR count). The molecule has 0 fully saturated rings. The maximum Gasteiger partial charge on any atom is 0.261 e. The first-order valence-electron chi connectivity index (χ1n) is 6.76. The summed E-state index contributed by atoms with van der Waals surface area (Å²) in [6.07, 6.45) is 2.91. The third-order valence-corrected chi connectivity index (χ3v) is 6.55. The first kappa shape index (κ1) is 17.4. The molecule has 124 valence electrons. The molecule has 0 saturated carbocycles. The van der Waals surface area contributed by atoms with Gasteiger partial charge in [-0.25, -0.2) is 21.1 Å². The number of rotatable bonds is 6. The minimum absolute atomic E-state index is 0.0283. The van der Waals surface area contributed by atoms with Gasteiger partial charge in [-0.2, -0.15) is 0 Å². The molecule has 1 aromatic heterocycles. The van der Waals surface area contributed by atoms with E-state index >= 15 is 0 Å². The van der Waals surface area contributed by atoms with E-state index in [0.29, 0.717) is 12.2 Å². The van der Waals surface area contributed by atoms with Gasteiger partial charge in [0.15, 0.2) is 0 Å². The molecule has 0 bridgehead atoms. The fourth-order valence-corrected chi connectivity index (χ4v) is 4.00. The number of hydrogen-bond acceptors (Lipinski definition) is 5.